The Morgan fingerprint density at radius 1 is 1.16 bits per heavy atom. The molecular weight excluding hydrogens is 314 g/mol. The molecule has 0 saturated carbocycles. The maximum Gasteiger partial charge on any atom is 0.123 e. The summed E-state index contributed by atoms with van der Waals surface area (Å²) in [5, 5.41) is 10.6. The Balaban J connectivity index is 1.67. The van der Waals surface area contributed by atoms with Crippen LogP contribution >= 0.6 is 0 Å². The lowest BCUT2D eigenvalue weighted by molar-refractivity contribution is 0.246. The van der Waals surface area contributed by atoms with Crippen molar-refractivity contribution >= 4 is 5.69 Å². The van der Waals surface area contributed by atoms with Crippen molar-refractivity contribution in [3.63, 3.8) is 0 Å². The Bertz CT molecular complexity index is 710. The molecule has 2 aromatic rings. The molecule has 0 amide bonds. The van der Waals surface area contributed by atoms with Crippen LogP contribution in [0.5, 0.6) is 11.5 Å². The van der Waals surface area contributed by atoms with Gasteiger partial charge in [0.15, 0.2) is 0 Å². The Labute approximate surface area is 149 Å². The Morgan fingerprint density at radius 2 is 1.84 bits per heavy atom. The van der Waals surface area contributed by atoms with Gasteiger partial charge in [-0.2, -0.15) is 0 Å². The molecule has 0 atom stereocenters. The van der Waals surface area contributed by atoms with E-state index in [1.807, 2.05) is 36.7 Å². The minimum Gasteiger partial charge on any atom is -0.507 e. The fourth-order valence-electron chi connectivity index (χ4n) is 3.24. The van der Waals surface area contributed by atoms with Crippen LogP contribution in [0.1, 0.15) is 11.1 Å². The van der Waals surface area contributed by atoms with E-state index in [0.29, 0.717) is 12.2 Å². The van der Waals surface area contributed by atoms with Crippen LogP contribution in [0.15, 0.2) is 49.3 Å². The summed E-state index contributed by atoms with van der Waals surface area (Å²) >= 11 is 0. The first-order chi connectivity index (χ1) is 12.2. The Hall–Kier alpha value is -2.53. The molecule has 5 nitrogen and oxygen atoms in total. The van der Waals surface area contributed by atoms with E-state index in [2.05, 4.69) is 21.4 Å². The van der Waals surface area contributed by atoms with Gasteiger partial charge in [0.25, 0.3) is 0 Å². The third kappa shape index (κ3) is 4.12. The molecule has 25 heavy (non-hydrogen) atoms. The van der Waals surface area contributed by atoms with E-state index < -0.39 is 0 Å². The number of piperazine rings is 1. The lowest BCUT2D eigenvalue weighted by Gasteiger charge is -2.36. The fraction of sp³-hybridized carbons (Fsp3) is 0.350. The molecule has 1 N–H and O–H groups in total. The van der Waals surface area contributed by atoms with E-state index in [4.69, 9.17) is 4.74 Å². The summed E-state index contributed by atoms with van der Waals surface area (Å²) in [6.07, 6.45) is 6.09. The Morgan fingerprint density at radius 3 is 2.48 bits per heavy atom. The molecule has 5 heteroatoms. The van der Waals surface area contributed by atoms with Gasteiger partial charge < -0.3 is 14.7 Å². The van der Waals surface area contributed by atoms with E-state index >= 15 is 0 Å². The molecule has 1 fully saturated rings. The minimum atomic E-state index is 0.359. The molecule has 1 aliphatic rings. The highest BCUT2D eigenvalue weighted by Gasteiger charge is 2.19. The van der Waals surface area contributed by atoms with Crippen molar-refractivity contribution in [3.8, 4) is 11.5 Å². The van der Waals surface area contributed by atoms with Gasteiger partial charge in [-0.05, 0) is 30.7 Å². The highest BCUT2D eigenvalue weighted by atomic mass is 16.5. The second-order valence-electron chi connectivity index (χ2n) is 6.26. The van der Waals surface area contributed by atoms with Crippen LogP contribution in [0.4, 0.5) is 5.69 Å². The molecule has 132 valence electrons. The average Bonchev–Trinajstić information content (AvgIpc) is 2.66. The second-order valence-corrected chi connectivity index (χ2v) is 6.26. The van der Waals surface area contributed by atoms with Crippen LogP contribution in [0.3, 0.4) is 0 Å². The lowest BCUT2D eigenvalue weighted by Crippen LogP contribution is -2.46. The van der Waals surface area contributed by atoms with Crippen LogP contribution in [0.2, 0.25) is 0 Å². The summed E-state index contributed by atoms with van der Waals surface area (Å²) < 4.78 is 5.38. The highest BCUT2D eigenvalue weighted by molar-refractivity contribution is 5.48. The normalized spacial score (nSPS) is 15.2. The number of hydrogen-bond donors (Lipinski definition) is 1. The first kappa shape index (κ1) is 17.3. The Kier molecular flexibility index (Phi) is 5.56. The zero-order valence-corrected chi connectivity index (χ0v) is 14.7. The van der Waals surface area contributed by atoms with E-state index in [9.17, 15) is 5.11 Å². The van der Waals surface area contributed by atoms with E-state index in [0.717, 1.165) is 49.6 Å². The third-order valence-electron chi connectivity index (χ3n) is 4.64. The van der Waals surface area contributed by atoms with Crippen molar-refractivity contribution < 1.29 is 9.84 Å². The molecule has 2 heterocycles. The monoisotopic (exact) mass is 339 g/mol. The molecule has 3 rings (SSSR count). The van der Waals surface area contributed by atoms with Crippen LogP contribution in [-0.4, -0.2) is 48.3 Å². The lowest BCUT2D eigenvalue weighted by atomic mass is 10.0. The number of anilines is 1. The molecule has 0 bridgehead atoms. The van der Waals surface area contributed by atoms with Crippen molar-refractivity contribution in [2.24, 2.45) is 0 Å². The van der Waals surface area contributed by atoms with Gasteiger partial charge >= 0.3 is 0 Å². The maximum atomic E-state index is 10.6. The van der Waals surface area contributed by atoms with Crippen LogP contribution < -0.4 is 9.64 Å². The van der Waals surface area contributed by atoms with Gasteiger partial charge in [-0.15, -0.1) is 6.58 Å². The van der Waals surface area contributed by atoms with E-state index in [1.165, 1.54) is 5.69 Å². The van der Waals surface area contributed by atoms with Gasteiger partial charge in [0, 0.05) is 61.9 Å². The summed E-state index contributed by atoms with van der Waals surface area (Å²) in [5.41, 5.74) is 2.99. The number of phenolic OH excluding ortho intramolecular Hbond substituents is 1. The highest BCUT2D eigenvalue weighted by Crippen LogP contribution is 2.30. The summed E-state index contributed by atoms with van der Waals surface area (Å²) in [6, 6.07) is 7.90. The van der Waals surface area contributed by atoms with Gasteiger partial charge in [0.05, 0.1) is 7.11 Å². The predicted octanol–water partition coefficient (Wildman–Crippen LogP) is 2.85. The minimum absolute atomic E-state index is 0.359. The predicted molar refractivity (Wildman–Crippen MR) is 100 cm³/mol. The van der Waals surface area contributed by atoms with E-state index in [-0.39, 0.29) is 0 Å². The van der Waals surface area contributed by atoms with Crippen molar-refractivity contribution in [1.29, 1.82) is 0 Å². The number of rotatable bonds is 6. The SMILES string of the molecule is C=CCc1cc(OC)cc(CN2CCN(c3ccncc3)CC2)c1O. The molecule has 1 saturated heterocycles. The number of aromatic hydroxyl groups is 1. The number of benzene rings is 1. The van der Waals surface area contributed by atoms with E-state index in [1.54, 1.807) is 13.2 Å². The summed E-state index contributed by atoms with van der Waals surface area (Å²) in [5.74, 6) is 1.14. The van der Waals surface area contributed by atoms with Crippen molar-refractivity contribution in [2.45, 2.75) is 13.0 Å². The van der Waals surface area contributed by atoms with Gasteiger partial charge in [-0.25, -0.2) is 0 Å². The number of allylic oxidation sites excluding steroid dienone is 1. The van der Waals surface area contributed by atoms with Crippen LogP contribution in [0, 0.1) is 0 Å². The van der Waals surface area contributed by atoms with Crippen LogP contribution in [0.25, 0.3) is 0 Å². The van der Waals surface area contributed by atoms with Crippen molar-refractivity contribution in [1.82, 2.24) is 9.88 Å². The van der Waals surface area contributed by atoms with Crippen molar-refractivity contribution in [2.75, 3.05) is 38.2 Å². The van der Waals surface area contributed by atoms with Gasteiger partial charge in [-0.1, -0.05) is 6.08 Å². The molecule has 1 aliphatic heterocycles. The number of nitrogens with zero attached hydrogens (tertiary/aromatic N) is 3. The number of pyridine rings is 1. The first-order valence-corrected chi connectivity index (χ1v) is 8.58. The third-order valence-corrected chi connectivity index (χ3v) is 4.64. The van der Waals surface area contributed by atoms with Crippen molar-refractivity contribution in [3.05, 3.63) is 60.4 Å². The maximum absolute atomic E-state index is 10.6. The molecule has 1 aromatic carbocycles. The summed E-state index contributed by atoms with van der Waals surface area (Å²) in [4.78, 5) is 8.81. The molecular formula is C20H25N3O2. The largest absolute Gasteiger partial charge is 0.507 e. The summed E-state index contributed by atoms with van der Waals surface area (Å²) in [6.45, 7) is 8.32. The molecule has 1 aromatic heterocycles. The smallest absolute Gasteiger partial charge is 0.123 e. The average molecular weight is 339 g/mol. The number of phenols is 1. The standard InChI is InChI=1S/C20H25N3O2/c1-3-4-16-13-19(25-2)14-17(20(16)24)15-22-9-11-23(12-10-22)18-5-7-21-8-6-18/h3,5-8,13-14,24H,1,4,9-12,15H2,2H3. The molecule has 0 spiro atoms. The summed E-state index contributed by atoms with van der Waals surface area (Å²) in [7, 11) is 1.65. The number of hydrogen-bond acceptors (Lipinski definition) is 5. The first-order valence-electron chi connectivity index (χ1n) is 8.58. The van der Waals surface area contributed by atoms with Gasteiger partial charge in [0.2, 0.25) is 0 Å². The fourth-order valence-corrected chi connectivity index (χ4v) is 3.24. The number of aromatic nitrogens is 1. The number of methoxy groups -OCH3 is 1. The van der Waals surface area contributed by atoms with Gasteiger partial charge in [0.1, 0.15) is 11.5 Å². The zero-order chi connectivity index (χ0) is 17.6. The second kappa shape index (κ2) is 8.03. The topological polar surface area (TPSA) is 48.8 Å². The van der Waals surface area contributed by atoms with Gasteiger partial charge in [-0.3, -0.25) is 9.88 Å². The van der Waals surface area contributed by atoms with Crippen LogP contribution in [-0.2, 0) is 13.0 Å². The number of ether oxygens (including phenoxy) is 1. The quantitative estimate of drug-likeness (QED) is 0.820. The molecule has 0 unspecified atom stereocenters. The zero-order valence-electron chi connectivity index (χ0n) is 14.7. The molecule has 0 aliphatic carbocycles. The molecule has 0 radical (unpaired) electrons.